The molecule has 0 saturated carbocycles. The van der Waals surface area contributed by atoms with Crippen molar-refractivity contribution in [3.63, 3.8) is 0 Å². The lowest BCUT2D eigenvalue weighted by Gasteiger charge is -2.31. The van der Waals surface area contributed by atoms with E-state index in [1.165, 1.54) is 0 Å². The number of hydrogen-bond donors (Lipinski definition) is 0. The number of alkyl halides is 1. The van der Waals surface area contributed by atoms with Crippen molar-refractivity contribution in [3.8, 4) is 0 Å². The highest BCUT2D eigenvalue weighted by molar-refractivity contribution is 7.99. The Bertz CT molecular complexity index is 370. The predicted molar refractivity (Wildman–Crippen MR) is 75.2 cm³/mol. The predicted octanol–water partition coefficient (Wildman–Crippen LogP) is 3.65. The summed E-state index contributed by atoms with van der Waals surface area (Å²) >= 11 is 7.68. The lowest BCUT2D eigenvalue weighted by molar-refractivity contribution is 0.222. The fourth-order valence-electron chi connectivity index (χ4n) is 2.16. The van der Waals surface area contributed by atoms with Gasteiger partial charge in [0.15, 0.2) is 0 Å². The fourth-order valence-corrected chi connectivity index (χ4v) is 3.47. The molecule has 0 bridgehead atoms. The third-order valence-corrected chi connectivity index (χ3v) is 4.60. The van der Waals surface area contributed by atoms with Crippen LogP contribution in [-0.4, -0.2) is 41.4 Å². The van der Waals surface area contributed by atoms with E-state index in [-0.39, 0.29) is 6.67 Å². The number of thioether (sulfide) groups is 1. The summed E-state index contributed by atoms with van der Waals surface area (Å²) in [6, 6.07) is 5.74. The van der Waals surface area contributed by atoms with Gasteiger partial charge in [-0.25, -0.2) is 4.98 Å². The molecule has 0 aliphatic carbocycles. The molecule has 18 heavy (non-hydrogen) atoms. The summed E-state index contributed by atoms with van der Waals surface area (Å²) < 4.78 is 12.1. The maximum absolute atomic E-state index is 12.1. The van der Waals surface area contributed by atoms with E-state index in [9.17, 15) is 4.39 Å². The van der Waals surface area contributed by atoms with Crippen molar-refractivity contribution in [2.24, 2.45) is 0 Å². The largest absolute Gasteiger partial charge is 0.303 e. The first-order valence-electron chi connectivity index (χ1n) is 6.35. The summed E-state index contributed by atoms with van der Waals surface area (Å²) in [6.45, 7) is 2.82. The summed E-state index contributed by atoms with van der Waals surface area (Å²) in [5.41, 5.74) is 0. The van der Waals surface area contributed by atoms with Crippen LogP contribution in [0.2, 0.25) is 5.15 Å². The second-order valence-electron chi connectivity index (χ2n) is 4.50. The lowest BCUT2D eigenvalue weighted by Crippen LogP contribution is -2.35. The summed E-state index contributed by atoms with van der Waals surface area (Å²) in [4.78, 5) is 6.65. The van der Waals surface area contributed by atoms with Crippen molar-refractivity contribution in [3.05, 3.63) is 23.4 Å². The van der Waals surface area contributed by atoms with Crippen LogP contribution in [0.3, 0.4) is 0 Å². The number of nitrogens with zero attached hydrogens (tertiary/aromatic N) is 2. The molecule has 100 valence electrons. The van der Waals surface area contributed by atoms with Crippen LogP contribution in [0.5, 0.6) is 0 Å². The molecule has 1 aliphatic rings. The van der Waals surface area contributed by atoms with E-state index in [1.807, 2.05) is 23.9 Å². The van der Waals surface area contributed by atoms with Gasteiger partial charge in [-0.1, -0.05) is 17.7 Å². The molecule has 0 aromatic carbocycles. The standard InChI is InChI=1S/C13H18ClFN2S/c14-12-3-1-4-13(16-12)18-11-5-9-17(10-6-11)8-2-7-15/h1,3-4,11H,2,5-10H2. The summed E-state index contributed by atoms with van der Waals surface area (Å²) in [6.07, 6.45) is 2.95. The van der Waals surface area contributed by atoms with E-state index in [4.69, 9.17) is 11.6 Å². The first-order valence-corrected chi connectivity index (χ1v) is 7.61. The Kier molecular flexibility index (Phi) is 5.73. The first kappa shape index (κ1) is 14.1. The average molecular weight is 289 g/mol. The van der Waals surface area contributed by atoms with Crippen molar-refractivity contribution in [1.82, 2.24) is 9.88 Å². The smallest absolute Gasteiger partial charge is 0.130 e. The molecule has 0 amide bonds. The Morgan fingerprint density at radius 2 is 2.17 bits per heavy atom. The van der Waals surface area contributed by atoms with E-state index in [1.54, 1.807) is 6.07 Å². The van der Waals surface area contributed by atoms with Crippen molar-refractivity contribution in [1.29, 1.82) is 0 Å². The zero-order valence-corrected chi connectivity index (χ0v) is 11.9. The molecule has 2 nitrogen and oxygen atoms in total. The van der Waals surface area contributed by atoms with Gasteiger partial charge >= 0.3 is 0 Å². The minimum atomic E-state index is -0.207. The van der Waals surface area contributed by atoms with Gasteiger partial charge in [0.1, 0.15) is 5.15 Å². The van der Waals surface area contributed by atoms with Crippen LogP contribution in [0.4, 0.5) is 4.39 Å². The summed E-state index contributed by atoms with van der Waals surface area (Å²) in [5.74, 6) is 0. The molecular formula is C13H18ClFN2S. The Morgan fingerprint density at radius 1 is 1.39 bits per heavy atom. The zero-order valence-electron chi connectivity index (χ0n) is 10.3. The van der Waals surface area contributed by atoms with Crippen LogP contribution in [0.1, 0.15) is 19.3 Å². The van der Waals surface area contributed by atoms with E-state index in [2.05, 4.69) is 9.88 Å². The fraction of sp³-hybridized carbons (Fsp3) is 0.615. The highest BCUT2D eigenvalue weighted by Gasteiger charge is 2.20. The highest BCUT2D eigenvalue weighted by atomic mass is 35.5. The van der Waals surface area contributed by atoms with Gasteiger partial charge in [-0.05, 0) is 44.5 Å². The van der Waals surface area contributed by atoms with Crippen molar-refractivity contribution >= 4 is 23.4 Å². The molecule has 0 radical (unpaired) electrons. The monoisotopic (exact) mass is 288 g/mol. The third-order valence-electron chi connectivity index (χ3n) is 3.12. The molecule has 1 aromatic rings. The second kappa shape index (κ2) is 7.31. The Hall–Kier alpha value is -0.320. The van der Waals surface area contributed by atoms with Gasteiger partial charge in [0, 0.05) is 11.8 Å². The Balaban J connectivity index is 1.76. The van der Waals surface area contributed by atoms with Crippen LogP contribution in [-0.2, 0) is 0 Å². The molecule has 0 atom stereocenters. The number of halogens is 2. The topological polar surface area (TPSA) is 16.1 Å². The van der Waals surface area contributed by atoms with Crippen LogP contribution >= 0.6 is 23.4 Å². The number of piperidine rings is 1. The van der Waals surface area contributed by atoms with Crippen LogP contribution in [0, 0.1) is 0 Å². The van der Waals surface area contributed by atoms with Gasteiger partial charge in [0.05, 0.1) is 11.7 Å². The molecule has 0 unspecified atom stereocenters. The molecule has 2 rings (SSSR count). The first-order chi connectivity index (χ1) is 8.78. The van der Waals surface area contributed by atoms with E-state index in [0.29, 0.717) is 16.8 Å². The van der Waals surface area contributed by atoms with Gasteiger partial charge in [-0.2, -0.15) is 0 Å². The molecule has 1 aliphatic heterocycles. The van der Waals surface area contributed by atoms with Gasteiger partial charge in [-0.3, -0.25) is 4.39 Å². The second-order valence-corrected chi connectivity index (χ2v) is 6.21. The van der Waals surface area contributed by atoms with Crippen molar-refractivity contribution in [2.45, 2.75) is 29.5 Å². The normalized spacial score (nSPS) is 18.1. The number of aromatic nitrogens is 1. The number of rotatable bonds is 5. The molecule has 5 heteroatoms. The van der Waals surface area contributed by atoms with Gasteiger partial charge < -0.3 is 4.90 Å². The van der Waals surface area contributed by atoms with Crippen molar-refractivity contribution < 1.29 is 4.39 Å². The lowest BCUT2D eigenvalue weighted by atomic mass is 10.1. The summed E-state index contributed by atoms with van der Waals surface area (Å²) in [5, 5.41) is 2.17. The van der Waals surface area contributed by atoms with Gasteiger partial charge in [-0.15, -0.1) is 11.8 Å². The molecule has 0 N–H and O–H groups in total. The maximum atomic E-state index is 12.1. The highest BCUT2D eigenvalue weighted by Crippen LogP contribution is 2.29. The number of pyridine rings is 1. The van der Waals surface area contributed by atoms with Crippen molar-refractivity contribution in [2.75, 3.05) is 26.3 Å². The molecule has 2 heterocycles. The number of hydrogen-bond acceptors (Lipinski definition) is 3. The van der Waals surface area contributed by atoms with Gasteiger partial charge in [0.2, 0.25) is 0 Å². The molecule has 1 aromatic heterocycles. The van der Waals surface area contributed by atoms with Crippen LogP contribution < -0.4 is 0 Å². The SMILES string of the molecule is FCCCN1CCC(Sc2cccc(Cl)n2)CC1. The maximum Gasteiger partial charge on any atom is 0.130 e. The molecule has 1 fully saturated rings. The number of likely N-dealkylation sites (tertiary alicyclic amines) is 1. The molecule has 0 spiro atoms. The van der Waals surface area contributed by atoms with E-state index in [0.717, 1.165) is 37.5 Å². The quantitative estimate of drug-likeness (QED) is 0.770. The minimum absolute atomic E-state index is 0.207. The van der Waals surface area contributed by atoms with Crippen LogP contribution in [0.25, 0.3) is 0 Å². The molecular weight excluding hydrogens is 271 g/mol. The average Bonchev–Trinajstić information content (AvgIpc) is 2.38. The third kappa shape index (κ3) is 4.41. The zero-order chi connectivity index (χ0) is 12.8. The minimum Gasteiger partial charge on any atom is -0.303 e. The Morgan fingerprint density at radius 3 is 2.83 bits per heavy atom. The van der Waals surface area contributed by atoms with E-state index >= 15 is 0 Å². The van der Waals surface area contributed by atoms with E-state index < -0.39 is 0 Å². The Labute approximate surface area is 117 Å². The molecule has 1 saturated heterocycles. The van der Waals surface area contributed by atoms with Gasteiger partial charge in [0.25, 0.3) is 0 Å². The van der Waals surface area contributed by atoms with Crippen LogP contribution in [0.15, 0.2) is 23.2 Å². The summed E-state index contributed by atoms with van der Waals surface area (Å²) in [7, 11) is 0.